The molecule has 0 N–H and O–H groups in total. The number of nitrogens with zero attached hydrogens (tertiary/aromatic N) is 1. The summed E-state index contributed by atoms with van der Waals surface area (Å²) in [5.41, 5.74) is 0. The molecule has 0 bridgehead atoms. The summed E-state index contributed by atoms with van der Waals surface area (Å²) in [6.07, 6.45) is 39.1. The Labute approximate surface area is 361 Å². The SMILES string of the molecule is CCCCCCCC/C=C\CCCCCCCC(=O)OC[C@H](COP(=O)([O-])OCC[N+](C)(C)C)OC(=O)CCCCCCC/C=C\CCCCCCCC.[Na+]. The number of phosphoric acid groups is 1. The molecule has 0 heterocycles. The number of likely N-dealkylation sites (N-methyl/N-ethyl adjacent to an activating group) is 1. The van der Waals surface area contributed by atoms with E-state index in [4.69, 9.17) is 18.5 Å². The van der Waals surface area contributed by atoms with Crippen LogP contribution in [-0.4, -0.2) is 70.0 Å². The minimum absolute atomic E-state index is 0. The van der Waals surface area contributed by atoms with Crippen LogP contribution in [0.15, 0.2) is 24.3 Å². The fraction of sp³-hybridized carbons (Fsp3) is 0.864. The van der Waals surface area contributed by atoms with Crippen molar-refractivity contribution in [2.24, 2.45) is 0 Å². The van der Waals surface area contributed by atoms with E-state index in [-0.39, 0.29) is 55.6 Å². The van der Waals surface area contributed by atoms with E-state index in [1.54, 1.807) is 0 Å². The van der Waals surface area contributed by atoms with Gasteiger partial charge in [0.15, 0.2) is 6.10 Å². The van der Waals surface area contributed by atoms with E-state index in [0.29, 0.717) is 17.4 Å². The van der Waals surface area contributed by atoms with Crippen LogP contribution in [0.5, 0.6) is 0 Å². The van der Waals surface area contributed by atoms with E-state index >= 15 is 0 Å². The van der Waals surface area contributed by atoms with Gasteiger partial charge in [0.05, 0.1) is 27.7 Å². The van der Waals surface area contributed by atoms with Crippen LogP contribution >= 0.6 is 7.82 Å². The minimum Gasteiger partial charge on any atom is -0.756 e. The van der Waals surface area contributed by atoms with Crippen LogP contribution in [0.2, 0.25) is 0 Å². The van der Waals surface area contributed by atoms with Crippen LogP contribution in [0.1, 0.15) is 194 Å². The van der Waals surface area contributed by atoms with Crippen LogP contribution < -0.4 is 34.5 Å². The molecule has 0 aromatic heterocycles. The molecule has 0 saturated heterocycles. The topological polar surface area (TPSA) is 111 Å². The van der Waals surface area contributed by atoms with E-state index in [9.17, 15) is 19.0 Å². The number of allylic oxidation sites excluding steroid dienone is 4. The van der Waals surface area contributed by atoms with E-state index in [0.717, 1.165) is 70.6 Å². The second-order valence-corrected chi connectivity index (χ2v) is 17.5. The van der Waals surface area contributed by atoms with Crippen molar-refractivity contribution >= 4 is 19.8 Å². The third-order valence-electron chi connectivity index (χ3n) is 9.44. The number of carbonyl (C=O) groups excluding carboxylic acids is 2. The largest absolute Gasteiger partial charge is 1.00 e. The maximum atomic E-state index is 12.7. The van der Waals surface area contributed by atoms with Crippen molar-refractivity contribution in [2.45, 2.75) is 200 Å². The molecular formula is C44H84NNaO8P+. The molecule has 11 heteroatoms. The molecule has 0 aliphatic carbocycles. The molecule has 9 nitrogen and oxygen atoms in total. The molecule has 0 spiro atoms. The molecule has 318 valence electrons. The van der Waals surface area contributed by atoms with Crippen molar-refractivity contribution in [1.82, 2.24) is 0 Å². The first-order valence-electron chi connectivity index (χ1n) is 22.0. The third-order valence-corrected chi connectivity index (χ3v) is 10.4. The van der Waals surface area contributed by atoms with Gasteiger partial charge in [-0.3, -0.25) is 14.2 Å². The Morgan fingerprint density at radius 1 is 0.564 bits per heavy atom. The Bertz CT molecular complexity index is 987. The number of quaternary nitrogens is 1. The molecule has 0 rings (SSSR count). The molecule has 0 aromatic carbocycles. The van der Waals surface area contributed by atoms with Crippen molar-refractivity contribution in [2.75, 3.05) is 47.5 Å². The first kappa shape index (κ1) is 56.6. The van der Waals surface area contributed by atoms with Gasteiger partial charge in [-0.25, -0.2) is 0 Å². The van der Waals surface area contributed by atoms with Crippen molar-refractivity contribution < 1.29 is 71.6 Å². The van der Waals surface area contributed by atoms with Crippen LogP contribution in [-0.2, 0) is 32.7 Å². The van der Waals surface area contributed by atoms with Gasteiger partial charge in [-0.2, -0.15) is 0 Å². The first-order valence-corrected chi connectivity index (χ1v) is 23.5. The van der Waals surface area contributed by atoms with E-state index < -0.39 is 32.5 Å². The molecule has 0 radical (unpaired) electrons. The van der Waals surface area contributed by atoms with Gasteiger partial charge in [0.25, 0.3) is 7.82 Å². The molecule has 0 saturated carbocycles. The van der Waals surface area contributed by atoms with E-state index in [2.05, 4.69) is 38.2 Å². The first-order chi connectivity index (χ1) is 26.0. The van der Waals surface area contributed by atoms with E-state index in [1.807, 2.05) is 21.1 Å². The monoisotopic (exact) mass is 809 g/mol. The van der Waals surface area contributed by atoms with Crippen molar-refractivity contribution in [3.63, 3.8) is 0 Å². The maximum absolute atomic E-state index is 12.7. The Hall–Kier alpha value is -0.510. The summed E-state index contributed by atoms with van der Waals surface area (Å²) < 4.78 is 33.9. The van der Waals surface area contributed by atoms with Gasteiger partial charge in [-0.15, -0.1) is 0 Å². The van der Waals surface area contributed by atoms with Gasteiger partial charge in [-0.1, -0.05) is 141 Å². The summed E-state index contributed by atoms with van der Waals surface area (Å²) in [5.74, 6) is -0.850. The summed E-state index contributed by atoms with van der Waals surface area (Å²) in [5, 5.41) is 0. The standard InChI is InChI=1S/C44H84NO8P.Na/c1-6-8-10-12-14-16-18-20-22-24-26-28-30-32-34-36-43(46)50-40-42(41-52-54(48,49)51-39-38-45(3,4)5)53-44(47)37-35-33-31-29-27-25-23-21-19-17-15-13-11-9-7-2;/h20-23,42H,6-19,24-41H2,1-5H3;/q;+1/b22-20-,23-21-;/t42-;/m1./s1. The summed E-state index contributed by atoms with van der Waals surface area (Å²) in [6, 6.07) is 0. The zero-order valence-corrected chi connectivity index (χ0v) is 39.6. The normalized spacial score (nSPS) is 13.6. The number of unbranched alkanes of at least 4 members (excludes halogenated alkanes) is 22. The van der Waals surface area contributed by atoms with E-state index in [1.165, 1.54) is 89.9 Å². The maximum Gasteiger partial charge on any atom is 1.00 e. The van der Waals surface area contributed by atoms with Gasteiger partial charge in [0, 0.05) is 12.8 Å². The number of ether oxygens (including phenoxy) is 2. The second kappa shape index (κ2) is 40.3. The zero-order chi connectivity index (χ0) is 40.0. The Morgan fingerprint density at radius 3 is 1.36 bits per heavy atom. The molecule has 0 fully saturated rings. The number of phosphoric ester groups is 1. The van der Waals surface area contributed by atoms with Gasteiger partial charge in [-0.05, 0) is 64.2 Å². The van der Waals surface area contributed by atoms with Crippen LogP contribution in [0.3, 0.4) is 0 Å². The van der Waals surface area contributed by atoms with Crippen LogP contribution in [0.4, 0.5) is 0 Å². The van der Waals surface area contributed by atoms with Gasteiger partial charge < -0.3 is 27.9 Å². The Kier molecular flexibility index (Phi) is 41.4. The molecule has 0 amide bonds. The van der Waals surface area contributed by atoms with Crippen molar-refractivity contribution in [1.29, 1.82) is 0 Å². The fourth-order valence-corrected chi connectivity index (χ4v) is 6.67. The molecule has 2 atom stereocenters. The number of esters is 2. The average Bonchev–Trinajstić information content (AvgIpc) is 3.12. The number of carbonyl (C=O) groups is 2. The van der Waals surface area contributed by atoms with Gasteiger partial charge in [0.1, 0.15) is 19.8 Å². The Balaban J connectivity index is 0. The quantitative estimate of drug-likeness (QED) is 0.0151. The van der Waals surface area contributed by atoms with Crippen LogP contribution in [0.25, 0.3) is 0 Å². The average molecular weight is 809 g/mol. The zero-order valence-electron chi connectivity index (χ0n) is 36.7. The molecule has 0 aliphatic heterocycles. The summed E-state index contributed by atoms with van der Waals surface area (Å²) >= 11 is 0. The molecular weight excluding hydrogens is 724 g/mol. The summed E-state index contributed by atoms with van der Waals surface area (Å²) in [4.78, 5) is 37.5. The van der Waals surface area contributed by atoms with Crippen molar-refractivity contribution in [3.8, 4) is 0 Å². The molecule has 0 aliphatic rings. The van der Waals surface area contributed by atoms with Crippen molar-refractivity contribution in [3.05, 3.63) is 24.3 Å². The smallest absolute Gasteiger partial charge is 0.756 e. The second-order valence-electron chi connectivity index (χ2n) is 16.1. The predicted octanol–water partition coefficient (Wildman–Crippen LogP) is 8.73. The third kappa shape index (κ3) is 44.4. The number of hydrogen-bond donors (Lipinski definition) is 0. The fourth-order valence-electron chi connectivity index (χ4n) is 5.94. The number of hydrogen-bond acceptors (Lipinski definition) is 8. The summed E-state index contributed by atoms with van der Waals surface area (Å²) in [7, 11) is 1.16. The Morgan fingerprint density at radius 2 is 0.945 bits per heavy atom. The van der Waals surface area contributed by atoms with Crippen LogP contribution in [0, 0.1) is 0 Å². The molecule has 0 aromatic rings. The predicted molar refractivity (Wildman–Crippen MR) is 222 cm³/mol. The molecule has 55 heavy (non-hydrogen) atoms. The number of rotatable bonds is 40. The molecule has 1 unspecified atom stereocenters. The minimum atomic E-state index is -4.62. The van der Waals surface area contributed by atoms with Gasteiger partial charge >= 0.3 is 41.5 Å². The summed E-state index contributed by atoms with van der Waals surface area (Å²) in [6.45, 7) is 4.20. The van der Waals surface area contributed by atoms with Gasteiger partial charge in [0.2, 0.25) is 0 Å².